The van der Waals surface area contributed by atoms with E-state index in [9.17, 15) is 22.8 Å². The zero-order valence-corrected chi connectivity index (χ0v) is 18.3. The number of anilines is 4. The number of benzene rings is 2. The lowest BCUT2D eigenvalue weighted by Crippen LogP contribution is -2.36. The van der Waals surface area contributed by atoms with E-state index in [-0.39, 0.29) is 38.3 Å². The second kappa shape index (κ2) is 8.71. The molecule has 0 amide bonds. The third-order valence-electron chi connectivity index (χ3n) is 4.43. The summed E-state index contributed by atoms with van der Waals surface area (Å²) in [5, 5.41) is 6.11. The van der Waals surface area contributed by atoms with Crippen LogP contribution in [0.5, 0.6) is 0 Å². The molecule has 2 N–H and O–H groups in total. The van der Waals surface area contributed by atoms with Crippen molar-refractivity contribution in [3.63, 3.8) is 0 Å². The summed E-state index contributed by atoms with van der Waals surface area (Å²) >= 11 is 6.19. The summed E-state index contributed by atoms with van der Waals surface area (Å²) in [5.74, 6) is -3.47. The van der Waals surface area contributed by atoms with Crippen molar-refractivity contribution in [1.29, 1.82) is 0 Å². The van der Waals surface area contributed by atoms with Gasteiger partial charge in [-0.1, -0.05) is 22.4 Å². The van der Waals surface area contributed by atoms with Gasteiger partial charge >= 0.3 is 17.9 Å². The van der Waals surface area contributed by atoms with Gasteiger partial charge in [-0.05, 0) is 55.3 Å². The molecule has 2 aromatic heterocycles. The molecule has 0 radical (unpaired) electrons. The Bertz CT molecular complexity index is 1450. The van der Waals surface area contributed by atoms with Crippen LogP contribution in [0.4, 0.5) is 36.3 Å². The molecular weight excluding hydrogens is 479 g/mol. The summed E-state index contributed by atoms with van der Waals surface area (Å²) in [6.07, 6.45) is -3.94. The number of aromatic nitrogens is 3. The van der Waals surface area contributed by atoms with Crippen molar-refractivity contribution in [2.24, 2.45) is 0 Å². The Labute approximate surface area is 194 Å². The average molecular weight is 494 g/mol. The number of rotatable bonds is 5. The Balaban J connectivity index is 1.63. The van der Waals surface area contributed by atoms with Gasteiger partial charge < -0.3 is 19.9 Å². The van der Waals surface area contributed by atoms with Crippen LogP contribution in [0, 0.1) is 13.8 Å². The van der Waals surface area contributed by atoms with Crippen LogP contribution in [0.25, 0.3) is 11.1 Å². The minimum absolute atomic E-state index is 0.100. The van der Waals surface area contributed by atoms with Gasteiger partial charge in [-0.25, -0.2) is 14.6 Å². The molecular formula is C21H15ClF3N5O4. The summed E-state index contributed by atoms with van der Waals surface area (Å²) in [6.45, 7) is 3.90. The third-order valence-corrected chi connectivity index (χ3v) is 4.71. The first-order chi connectivity index (χ1) is 16.0. The fraction of sp³-hybridized carbons (Fsp3) is 0.143. The Morgan fingerprint density at radius 1 is 1.09 bits per heavy atom. The highest BCUT2D eigenvalue weighted by molar-refractivity contribution is 6.32. The lowest BCUT2D eigenvalue weighted by molar-refractivity contribution is -0.200. The summed E-state index contributed by atoms with van der Waals surface area (Å²) in [4.78, 5) is 35.7. The number of fused-ring (bicyclic) bond motifs is 1. The maximum absolute atomic E-state index is 12.6. The molecule has 0 aliphatic rings. The second-order valence-corrected chi connectivity index (χ2v) is 7.65. The van der Waals surface area contributed by atoms with E-state index in [0.717, 1.165) is 16.8 Å². The lowest BCUT2D eigenvalue weighted by Gasteiger charge is -2.11. The van der Waals surface area contributed by atoms with E-state index in [2.05, 4.69) is 25.4 Å². The standard InChI is InChI=1S/C21H15ClF3N5O4/c1-10-5-11(2)7-13(6-10)28-19-26-9-14(22)17(29-19)27-12-3-4-16-15(8-12)30(20(32)33-16)34-18(31)21(23,24)25/h3-9H,1-2H3,(H2,26,27,28,29). The molecule has 9 nitrogen and oxygen atoms in total. The Kier molecular flexibility index (Phi) is 5.92. The molecule has 176 valence electrons. The van der Waals surface area contributed by atoms with Gasteiger partial charge in [0.05, 0.1) is 6.20 Å². The highest BCUT2D eigenvalue weighted by Crippen LogP contribution is 2.27. The molecule has 0 aliphatic heterocycles. The first-order valence-corrected chi connectivity index (χ1v) is 9.97. The number of nitrogens with zero attached hydrogens (tertiary/aromatic N) is 3. The number of carbonyl (C=O) groups is 1. The lowest BCUT2D eigenvalue weighted by atomic mass is 10.1. The number of aryl methyl sites for hydroxylation is 2. The normalized spacial score (nSPS) is 11.5. The van der Waals surface area contributed by atoms with Crippen molar-refractivity contribution < 1.29 is 27.2 Å². The predicted octanol–water partition coefficient (Wildman–Crippen LogP) is 4.66. The Morgan fingerprint density at radius 3 is 2.47 bits per heavy atom. The van der Waals surface area contributed by atoms with Gasteiger partial charge in [0.2, 0.25) is 5.95 Å². The minimum Gasteiger partial charge on any atom is -0.405 e. The largest absolute Gasteiger partial charge is 0.493 e. The first-order valence-electron chi connectivity index (χ1n) is 9.59. The molecule has 0 saturated heterocycles. The zero-order valence-electron chi connectivity index (χ0n) is 17.5. The molecule has 0 fully saturated rings. The second-order valence-electron chi connectivity index (χ2n) is 7.24. The summed E-state index contributed by atoms with van der Waals surface area (Å²) in [5.41, 5.74) is 2.80. The van der Waals surface area contributed by atoms with Crippen molar-refractivity contribution in [2.45, 2.75) is 20.0 Å². The number of nitrogens with one attached hydrogen (secondary N) is 2. The van der Waals surface area contributed by atoms with Crippen molar-refractivity contribution in [3.8, 4) is 0 Å². The molecule has 4 rings (SSSR count). The van der Waals surface area contributed by atoms with Crippen molar-refractivity contribution in [1.82, 2.24) is 14.7 Å². The number of hydrogen-bond acceptors (Lipinski definition) is 8. The maximum atomic E-state index is 12.6. The highest BCUT2D eigenvalue weighted by atomic mass is 35.5. The van der Waals surface area contributed by atoms with Gasteiger partial charge in [0.1, 0.15) is 10.5 Å². The van der Waals surface area contributed by atoms with Crippen LogP contribution in [0.3, 0.4) is 0 Å². The van der Waals surface area contributed by atoms with Crippen LogP contribution < -0.4 is 21.2 Å². The van der Waals surface area contributed by atoms with E-state index in [0.29, 0.717) is 0 Å². The van der Waals surface area contributed by atoms with Crippen LogP contribution in [-0.4, -0.2) is 26.8 Å². The van der Waals surface area contributed by atoms with E-state index >= 15 is 0 Å². The van der Waals surface area contributed by atoms with Crippen LogP contribution in [-0.2, 0) is 4.79 Å². The number of halogens is 4. The Morgan fingerprint density at radius 2 is 1.79 bits per heavy atom. The molecule has 0 unspecified atom stereocenters. The molecule has 0 bridgehead atoms. The monoisotopic (exact) mass is 493 g/mol. The van der Waals surface area contributed by atoms with E-state index in [4.69, 9.17) is 16.0 Å². The van der Waals surface area contributed by atoms with Crippen molar-refractivity contribution in [2.75, 3.05) is 10.6 Å². The van der Waals surface area contributed by atoms with Gasteiger partial charge in [0.15, 0.2) is 11.4 Å². The first kappa shape index (κ1) is 23.1. The number of hydrogen-bond donors (Lipinski definition) is 2. The van der Waals surface area contributed by atoms with E-state index in [1.165, 1.54) is 24.4 Å². The molecule has 2 aromatic carbocycles. The molecule has 0 spiro atoms. The van der Waals surface area contributed by atoms with Crippen molar-refractivity contribution in [3.05, 3.63) is 69.3 Å². The van der Waals surface area contributed by atoms with Gasteiger partial charge in [-0.3, -0.25) is 0 Å². The number of oxazole rings is 1. The summed E-state index contributed by atoms with van der Waals surface area (Å²) in [6, 6.07) is 9.84. The summed E-state index contributed by atoms with van der Waals surface area (Å²) in [7, 11) is 0. The predicted molar refractivity (Wildman–Crippen MR) is 118 cm³/mol. The quantitative estimate of drug-likeness (QED) is 0.413. The molecule has 13 heteroatoms. The average Bonchev–Trinajstić information content (AvgIpc) is 3.04. The molecule has 2 heterocycles. The van der Waals surface area contributed by atoms with Crippen LogP contribution in [0.2, 0.25) is 5.02 Å². The minimum atomic E-state index is -5.30. The number of alkyl halides is 3. The van der Waals surface area contributed by atoms with Gasteiger partial charge in [-0.15, -0.1) is 0 Å². The van der Waals surface area contributed by atoms with Gasteiger partial charge in [0.25, 0.3) is 0 Å². The number of carbonyl (C=O) groups excluding carboxylic acids is 1. The van der Waals surface area contributed by atoms with Crippen LogP contribution in [0.15, 0.2) is 51.8 Å². The SMILES string of the molecule is Cc1cc(C)cc(Nc2ncc(Cl)c(Nc3ccc4oc(=O)n(OC(=O)C(F)(F)F)c4c3)n2)c1. The fourth-order valence-corrected chi connectivity index (χ4v) is 3.26. The molecule has 0 saturated carbocycles. The van der Waals surface area contributed by atoms with Crippen LogP contribution in [0.1, 0.15) is 11.1 Å². The smallest absolute Gasteiger partial charge is 0.405 e. The fourth-order valence-electron chi connectivity index (χ4n) is 3.12. The molecule has 4 aromatic rings. The van der Waals surface area contributed by atoms with Gasteiger partial charge in [0, 0.05) is 11.4 Å². The molecule has 0 atom stereocenters. The molecule has 34 heavy (non-hydrogen) atoms. The summed E-state index contributed by atoms with van der Waals surface area (Å²) < 4.78 is 42.6. The van der Waals surface area contributed by atoms with Crippen LogP contribution >= 0.6 is 11.6 Å². The topological polar surface area (TPSA) is 111 Å². The van der Waals surface area contributed by atoms with E-state index in [1.807, 2.05) is 32.0 Å². The van der Waals surface area contributed by atoms with E-state index < -0.39 is 17.9 Å². The molecule has 0 aliphatic carbocycles. The highest BCUT2D eigenvalue weighted by Gasteiger charge is 2.42. The Hall–Kier alpha value is -4.06. The van der Waals surface area contributed by atoms with E-state index in [1.54, 1.807) is 0 Å². The zero-order chi connectivity index (χ0) is 24.6. The van der Waals surface area contributed by atoms with Crippen molar-refractivity contribution >= 4 is 51.8 Å². The third kappa shape index (κ3) is 4.96. The van der Waals surface area contributed by atoms with Gasteiger partial charge in [-0.2, -0.15) is 18.2 Å². The maximum Gasteiger partial charge on any atom is 0.493 e.